The topological polar surface area (TPSA) is 21.7 Å². The van der Waals surface area contributed by atoms with E-state index in [-0.39, 0.29) is 5.54 Å². The predicted octanol–water partition coefficient (Wildman–Crippen LogP) is 1.52. The third-order valence-electron chi connectivity index (χ3n) is 3.16. The van der Waals surface area contributed by atoms with Crippen LogP contribution in [-0.4, -0.2) is 50.5 Å². The molecule has 0 aromatic carbocycles. The molecule has 3 nitrogen and oxygen atoms in total. The molecule has 0 amide bonds. The van der Waals surface area contributed by atoms with Crippen LogP contribution in [0.1, 0.15) is 26.7 Å². The van der Waals surface area contributed by atoms with Crippen molar-refractivity contribution in [1.29, 1.82) is 0 Å². The van der Waals surface area contributed by atoms with E-state index in [2.05, 4.69) is 25.8 Å². The van der Waals surface area contributed by atoms with Crippen molar-refractivity contribution in [2.45, 2.75) is 38.3 Å². The van der Waals surface area contributed by atoms with Crippen molar-refractivity contribution in [3.63, 3.8) is 0 Å². The summed E-state index contributed by atoms with van der Waals surface area (Å²) in [5.41, 5.74) is 0.163. The van der Waals surface area contributed by atoms with Crippen molar-refractivity contribution in [3.8, 4) is 0 Å². The van der Waals surface area contributed by atoms with E-state index in [0.717, 1.165) is 32.6 Å². The fraction of sp³-hybridized carbons (Fsp3) is 1.00. The number of hydrogen-bond donors (Lipinski definition) is 0. The maximum Gasteiger partial charge on any atom is 0.0716 e. The first-order valence-corrected chi connectivity index (χ1v) is 5.44. The molecule has 1 aliphatic rings. The molecule has 84 valence electrons. The maximum atomic E-state index is 5.64. The first-order valence-electron chi connectivity index (χ1n) is 5.44. The van der Waals surface area contributed by atoms with E-state index >= 15 is 0 Å². The molecule has 0 N–H and O–H groups in total. The van der Waals surface area contributed by atoms with E-state index in [1.165, 1.54) is 0 Å². The predicted molar refractivity (Wildman–Crippen MR) is 57.6 cm³/mol. The molecule has 0 radical (unpaired) electrons. The molecule has 14 heavy (non-hydrogen) atoms. The van der Waals surface area contributed by atoms with Crippen LogP contribution in [0, 0.1) is 0 Å². The van der Waals surface area contributed by atoms with E-state index in [0.29, 0.717) is 6.10 Å². The SMILES string of the molecule is CCCOCC1(C)CC(OC)CN1C. The fourth-order valence-corrected chi connectivity index (χ4v) is 2.00. The second-order valence-corrected chi connectivity index (χ2v) is 4.49. The summed E-state index contributed by atoms with van der Waals surface area (Å²) in [5, 5.41) is 0. The van der Waals surface area contributed by atoms with Crippen molar-refractivity contribution in [2.24, 2.45) is 0 Å². The minimum Gasteiger partial charge on any atom is -0.380 e. The van der Waals surface area contributed by atoms with Crippen LogP contribution in [0.2, 0.25) is 0 Å². The van der Waals surface area contributed by atoms with Crippen LogP contribution in [0.25, 0.3) is 0 Å². The van der Waals surface area contributed by atoms with Crippen LogP contribution in [0.5, 0.6) is 0 Å². The number of likely N-dealkylation sites (tertiary alicyclic amines) is 1. The molecule has 0 spiro atoms. The molecule has 2 unspecified atom stereocenters. The lowest BCUT2D eigenvalue weighted by Gasteiger charge is -2.31. The Morgan fingerprint density at radius 1 is 1.50 bits per heavy atom. The van der Waals surface area contributed by atoms with Gasteiger partial charge in [0.1, 0.15) is 0 Å². The zero-order chi connectivity index (χ0) is 10.6. The normalized spacial score (nSPS) is 33.9. The molecule has 0 saturated carbocycles. The highest BCUT2D eigenvalue weighted by atomic mass is 16.5. The van der Waals surface area contributed by atoms with Crippen LogP contribution >= 0.6 is 0 Å². The monoisotopic (exact) mass is 201 g/mol. The van der Waals surface area contributed by atoms with Gasteiger partial charge in [-0.3, -0.25) is 4.90 Å². The Hall–Kier alpha value is -0.120. The van der Waals surface area contributed by atoms with Crippen LogP contribution in [-0.2, 0) is 9.47 Å². The Morgan fingerprint density at radius 3 is 2.71 bits per heavy atom. The Labute approximate surface area is 87.4 Å². The molecule has 0 aromatic heterocycles. The fourth-order valence-electron chi connectivity index (χ4n) is 2.00. The van der Waals surface area contributed by atoms with Gasteiger partial charge in [0, 0.05) is 25.8 Å². The highest BCUT2D eigenvalue weighted by molar-refractivity contribution is 4.95. The summed E-state index contributed by atoms with van der Waals surface area (Å²) in [5.74, 6) is 0. The van der Waals surface area contributed by atoms with Crippen LogP contribution in [0.3, 0.4) is 0 Å². The third-order valence-corrected chi connectivity index (χ3v) is 3.16. The molecule has 0 bridgehead atoms. The van der Waals surface area contributed by atoms with Gasteiger partial charge in [-0.1, -0.05) is 6.92 Å². The molecule has 0 aromatic rings. The first kappa shape index (κ1) is 12.0. The highest BCUT2D eigenvalue weighted by Gasteiger charge is 2.39. The zero-order valence-electron chi connectivity index (χ0n) is 9.88. The summed E-state index contributed by atoms with van der Waals surface area (Å²) in [6.45, 7) is 7.08. The van der Waals surface area contributed by atoms with Gasteiger partial charge < -0.3 is 9.47 Å². The largest absolute Gasteiger partial charge is 0.380 e. The summed E-state index contributed by atoms with van der Waals surface area (Å²) in [4.78, 5) is 2.34. The Bertz CT molecular complexity index is 175. The summed E-state index contributed by atoms with van der Waals surface area (Å²) >= 11 is 0. The number of ether oxygens (including phenoxy) is 2. The number of likely N-dealkylation sites (N-methyl/N-ethyl adjacent to an activating group) is 1. The molecule has 3 heteroatoms. The maximum absolute atomic E-state index is 5.64. The van der Waals surface area contributed by atoms with E-state index < -0.39 is 0 Å². The number of rotatable bonds is 5. The van der Waals surface area contributed by atoms with E-state index in [4.69, 9.17) is 9.47 Å². The standard InChI is InChI=1S/C11H23NO2/c1-5-6-14-9-11(2)7-10(13-4)8-12(11)3/h10H,5-9H2,1-4H3. The van der Waals surface area contributed by atoms with E-state index in [1.807, 2.05) is 0 Å². The number of methoxy groups -OCH3 is 1. The van der Waals surface area contributed by atoms with Gasteiger partial charge in [-0.2, -0.15) is 0 Å². The number of hydrogen-bond acceptors (Lipinski definition) is 3. The van der Waals surface area contributed by atoms with Crippen molar-refractivity contribution in [1.82, 2.24) is 4.90 Å². The summed E-state index contributed by atoms with van der Waals surface area (Å²) in [6.07, 6.45) is 2.53. The summed E-state index contributed by atoms with van der Waals surface area (Å²) in [7, 11) is 3.94. The molecule has 0 aliphatic carbocycles. The van der Waals surface area contributed by atoms with Crippen LogP contribution < -0.4 is 0 Å². The number of nitrogens with zero attached hydrogens (tertiary/aromatic N) is 1. The summed E-state index contributed by atoms with van der Waals surface area (Å²) < 4.78 is 11.0. The molecule has 1 rings (SSSR count). The lowest BCUT2D eigenvalue weighted by atomic mass is 10.00. The van der Waals surface area contributed by atoms with E-state index in [9.17, 15) is 0 Å². The van der Waals surface area contributed by atoms with Gasteiger partial charge in [0.05, 0.1) is 12.7 Å². The van der Waals surface area contributed by atoms with Crippen molar-refractivity contribution < 1.29 is 9.47 Å². The minimum atomic E-state index is 0.163. The quantitative estimate of drug-likeness (QED) is 0.630. The van der Waals surface area contributed by atoms with Gasteiger partial charge in [-0.05, 0) is 26.8 Å². The Morgan fingerprint density at radius 2 is 2.21 bits per heavy atom. The molecule has 1 saturated heterocycles. The molecule has 1 fully saturated rings. The minimum absolute atomic E-state index is 0.163. The highest BCUT2D eigenvalue weighted by Crippen LogP contribution is 2.29. The molecule has 1 aliphatic heterocycles. The smallest absolute Gasteiger partial charge is 0.0716 e. The van der Waals surface area contributed by atoms with Crippen molar-refractivity contribution >= 4 is 0 Å². The Kier molecular flexibility index (Phi) is 4.35. The lowest BCUT2D eigenvalue weighted by molar-refractivity contribution is 0.0348. The molecule has 2 atom stereocenters. The summed E-state index contributed by atoms with van der Waals surface area (Å²) in [6, 6.07) is 0. The second-order valence-electron chi connectivity index (χ2n) is 4.49. The molecule has 1 heterocycles. The van der Waals surface area contributed by atoms with Crippen molar-refractivity contribution in [3.05, 3.63) is 0 Å². The van der Waals surface area contributed by atoms with Crippen LogP contribution in [0.4, 0.5) is 0 Å². The van der Waals surface area contributed by atoms with Gasteiger partial charge in [0.15, 0.2) is 0 Å². The van der Waals surface area contributed by atoms with Crippen molar-refractivity contribution in [2.75, 3.05) is 33.9 Å². The zero-order valence-corrected chi connectivity index (χ0v) is 9.88. The van der Waals surface area contributed by atoms with Gasteiger partial charge in [0.25, 0.3) is 0 Å². The van der Waals surface area contributed by atoms with Gasteiger partial charge in [-0.25, -0.2) is 0 Å². The molecular formula is C11H23NO2. The lowest BCUT2D eigenvalue weighted by Crippen LogP contribution is -2.42. The second kappa shape index (κ2) is 5.10. The average molecular weight is 201 g/mol. The first-order chi connectivity index (χ1) is 6.62. The third kappa shape index (κ3) is 2.69. The average Bonchev–Trinajstić information content (AvgIpc) is 2.44. The van der Waals surface area contributed by atoms with Gasteiger partial charge in [-0.15, -0.1) is 0 Å². The van der Waals surface area contributed by atoms with E-state index in [1.54, 1.807) is 7.11 Å². The van der Waals surface area contributed by atoms with Gasteiger partial charge in [0.2, 0.25) is 0 Å². The van der Waals surface area contributed by atoms with Crippen LogP contribution in [0.15, 0.2) is 0 Å². The van der Waals surface area contributed by atoms with Gasteiger partial charge >= 0.3 is 0 Å². The Balaban J connectivity index is 2.39. The molecular weight excluding hydrogens is 178 g/mol.